The Bertz CT molecular complexity index is 347. The molecule has 0 aliphatic heterocycles. The number of hydrogen-bond acceptors (Lipinski definition) is 3. The van der Waals surface area contributed by atoms with Crippen molar-refractivity contribution >= 4 is 17.2 Å². The summed E-state index contributed by atoms with van der Waals surface area (Å²) >= 11 is 1.51. The van der Waals surface area contributed by atoms with Crippen molar-refractivity contribution in [2.45, 2.75) is 33.2 Å². The molecule has 3 nitrogen and oxygen atoms in total. The standard InChI is InChI=1S/C12H19NO2S/c1-4-9-5-6-11(16-9)12(15)13-10(7-14)8(2)3/h5-6,8,10,14H,4,7H2,1-3H3,(H,13,15)/t10-/m1/s1. The highest BCUT2D eigenvalue weighted by atomic mass is 32.1. The molecule has 1 heterocycles. The fourth-order valence-electron chi connectivity index (χ4n) is 1.35. The van der Waals surface area contributed by atoms with Gasteiger partial charge in [0.25, 0.3) is 5.91 Å². The predicted molar refractivity (Wildman–Crippen MR) is 66.9 cm³/mol. The Morgan fingerprint density at radius 2 is 2.19 bits per heavy atom. The molecule has 16 heavy (non-hydrogen) atoms. The van der Waals surface area contributed by atoms with Gasteiger partial charge in [0.15, 0.2) is 0 Å². The number of thiophene rings is 1. The van der Waals surface area contributed by atoms with Gasteiger partial charge in [0.1, 0.15) is 0 Å². The molecule has 0 radical (unpaired) electrons. The SMILES string of the molecule is CCc1ccc(C(=O)N[C@H](CO)C(C)C)s1. The average molecular weight is 241 g/mol. The molecule has 0 aliphatic carbocycles. The van der Waals surface area contributed by atoms with Gasteiger partial charge in [-0.15, -0.1) is 11.3 Å². The highest BCUT2D eigenvalue weighted by molar-refractivity contribution is 7.14. The van der Waals surface area contributed by atoms with Crippen molar-refractivity contribution in [3.8, 4) is 0 Å². The minimum absolute atomic E-state index is 0.0184. The van der Waals surface area contributed by atoms with E-state index in [1.165, 1.54) is 16.2 Å². The average Bonchev–Trinajstić information content (AvgIpc) is 2.73. The van der Waals surface area contributed by atoms with E-state index in [1.807, 2.05) is 26.0 Å². The second-order valence-electron chi connectivity index (χ2n) is 4.13. The molecule has 0 fully saturated rings. The third-order valence-electron chi connectivity index (χ3n) is 2.55. The first kappa shape index (κ1) is 13.2. The maximum atomic E-state index is 11.8. The number of nitrogens with one attached hydrogen (secondary N) is 1. The molecule has 0 unspecified atom stereocenters. The molecule has 1 aromatic rings. The Hall–Kier alpha value is -0.870. The first-order valence-electron chi connectivity index (χ1n) is 5.58. The number of aryl methyl sites for hydroxylation is 1. The molecule has 1 rings (SSSR count). The molecule has 0 aromatic carbocycles. The molecule has 2 N–H and O–H groups in total. The van der Waals surface area contributed by atoms with Crippen molar-refractivity contribution in [3.05, 3.63) is 21.9 Å². The van der Waals surface area contributed by atoms with Crippen molar-refractivity contribution in [1.82, 2.24) is 5.32 Å². The van der Waals surface area contributed by atoms with Crippen LogP contribution in [-0.4, -0.2) is 23.7 Å². The normalized spacial score (nSPS) is 12.8. The van der Waals surface area contributed by atoms with Crippen LogP contribution in [0.1, 0.15) is 35.3 Å². The van der Waals surface area contributed by atoms with Crippen LogP contribution < -0.4 is 5.32 Å². The second kappa shape index (κ2) is 6.01. The van der Waals surface area contributed by atoms with Crippen molar-refractivity contribution in [2.75, 3.05) is 6.61 Å². The van der Waals surface area contributed by atoms with E-state index in [1.54, 1.807) is 0 Å². The van der Waals surface area contributed by atoms with E-state index < -0.39 is 0 Å². The van der Waals surface area contributed by atoms with Gasteiger partial charge < -0.3 is 10.4 Å². The fraction of sp³-hybridized carbons (Fsp3) is 0.583. The Labute approximate surface area is 100 Å². The van der Waals surface area contributed by atoms with Gasteiger partial charge >= 0.3 is 0 Å². The smallest absolute Gasteiger partial charge is 0.261 e. The number of carbonyl (C=O) groups is 1. The lowest BCUT2D eigenvalue weighted by Gasteiger charge is -2.19. The fourth-order valence-corrected chi connectivity index (χ4v) is 2.20. The maximum Gasteiger partial charge on any atom is 0.261 e. The Morgan fingerprint density at radius 3 is 2.62 bits per heavy atom. The molecule has 1 atom stereocenters. The lowest BCUT2D eigenvalue weighted by atomic mass is 10.1. The summed E-state index contributed by atoms with van der Waals surface area (Å²) in [5, 5.41) is 12.0. The molecule has 0 spiro atoms. The first-order chi connectivity index (χ1) is 7.58. The van der Waals surface area contributed by atoms with E-state index in [0.29, 0.717) is 0 Å². The van der Waals surface area contributed by atoms with E-state index in [9.17, 15) is 4.79 Å². The van der Waals surface area contributed by atoms with Gasteiger partial charge in [0.05, 0.1) is 17.5 Å². The Morgan fingerprint density at radius 1 is 1.50 bits per heavy atom. The zero-order valence-corrected chi connectivity index (χ0v) is 10.8. The van der Waals surface area contributed by atoms with Crippen molar-refractivity contribution in [2.24, 2.45) is 5.92 Å². The summed E-state index contributed by atoms with van der Waals surface area (Å²) in [5.41, 5.74) is 0. The van der Waals surface area contributed by atoms with E-state index in [4.69, 9.17) is 5.11 Å². The zero-order chi connectivity index (χ0) is 12.1. The Kier molecular flexibility index (Phi) is 4.96. The summed E-state index contributed by atoms with van der Waals surface area (Å²) < 4.78 is 0. The lowest BCUT2D eigenvalue weighted by Crippen LogP contribution is -2.40. The van der Waals surface area contributed by atoms with E-state index >= 15 is 0 Å². The molecule has 0 saturated carbocycles. The van der Waals surface area contributed by atoms with E-state index in [-0.39, 0.29) is 24.5 Å². The number of aliphatic hydroxyl groups excluding tert-OH is 1. The monoisotopic (exact) mass is 241 g/mol. The molecule has 4 heteroatoms. The first-order valence-corrected chi connectivity index (χ1v) is 6.40. The Balaban J connectivity index is 2.64. The van der Waals surface area contributed by atoms with Crippen LogP contribution in [0.2, 0.25) is 0 Å². The summed E-state index contributed by atoms with van der Waals surface area (Å²) in [6, 6.07) is 3.65. The van der Waals surface area contributed by atoms with Gasteiger partial charge in [0, 0.05) is 4.88 Å². The number of rotatable bonds is 5. The van der Waals surface area contributed by atoms with Gasteiger partial charge in [-0.2, -0.15) is 0 Å². The van der Waals surface area contributed by atoms with Gasteiger partial charge in [-0.05, 0) is 24.5 Å². The quantitative estimate of drug-likeness (QED) is 0.829. The minimum atomic E-state index is -0.167. The van der Waals surface area contributed by atoms with Gasteiger partial charge in [-0.1, -0.05) is 20.8 Å². The summed E-state index contributed by atoms with van der Waals surface area (Å²) in [7, 11) is 0. The van der Waals surface area contributed by atoms with Gasteiger partial charge in [-0.3, -0.25) is 4.79 Å². The predicted octanol–water partition coefficient (Wildman–Crippen LogP) is 2.06. The van der Waals surface area contributed by atoms with Crippen LogP contribution in [0.5, 0.6) is 0 Å². The topological polar surface area (TPSA) is 49.3 Å². The van der Waals surface area contributed by atoms with Crippen LogP contribution in [0.4, 0.5) is 0 Å². The largest absolute Gasteiger partial charge is 0.394 e. The molecule has 1 amide bonds. The van der Waals surface area contributed by atoms with Gasteiger partial charge in [0.2, 0.25) is 0 Å². The van der Waals surface area contributed by atoms with Gasteiger partial charge in [-0.25, -0.2) is 0 Å². The maximum absolute atomic E-state index is 11.8. The molecule has 0 saturated heterocycles. The van der Waals surface area contributed by atoms with Crippen LogP contribution in [0.25, 0.3) is 0 Å². The minimum Gasteiger partial charge on any atom is -0.394 e. The molecular formula is C12H19NO2S. The van der Waals surface area contributed by atoms with Crippen molar-refractivity contribution < 1.29 is 9.90 Å². The van der Waals surface area contributed by atoms with Crippen molar-refractivity contribution in [3.63, 3.8) is 0 Å². The molecule has 90 valence electrons. The molecule has 0 bridgehead atoms. The third kappa shape index (κ3) is 3.32. The van der Waals surface area contributed by atoms with Crippen LogP contribution in [-0.2, 0) is 6.42 Å². The third-order valence-corrected chi connectivity index (χ3v) is 3.78. The highest BCUT2D eigenvalue weighted by Crippen LogP contribution is 2.17. The molecule has 0 aliphatic rings. The molecular weight excluding hydrogens is 222 g/mol. The summed E-state index contributed by atoms with van der Waals surface area (Å²) in [6.45, 7) is 6.01. The van der Waals surface area contributed by atoms with Crippen LogP contribution in [0.15, 0.2) is 12.1 Å². The number of carbonyl (C=O) groups excluding carboxylic acids is 1. The van der Waals surface area contributed by atoms with E-state index in [0.717, 1.165) is 11.3 Å². The van der Waals surface area contributed by atoms with E-state index in [2.05, 4.69) is 12.2 Å². The second-order valence-corrected chi connectivity index (χ2v) is 5.29. The van der Waals surface area contributed by atoms with Crippen LogP contribution in [0, 0.1) is 5.92 Å². The summed E-state index contributed by atoms with van der Waals surface area (Å²) in [5.74, 6) is 0.150. The zero-order valence-electron chi connectivity index (χ0n) is 9.99. The van der Waals surface area contributed by atoms with Crippen LogP contribution >= 0.6 is 11.3 Å². The summed E-state index contributed by atoms with van der Waals surface area (Å²) in [4.78, 5) is 13.8. The lowest BCUT2D eigenvalue weighted by molar-refractivity contribution is 0.0901. The summed E-state index contributed by atoms with van der Waals surface area (Å²) in [6.07, 6.45) is 0.950. The number of aliphatic hydroxyl groups is 1. The van der Waals surface area contributed by atoms with Crippen LogP contribution in [0.3, 0.4) is 0 Å². The molecule has 1 aromatic heterocycles. The number of amides is 1. The van der Waals surface area contributed by atoms with Crippen molar-refractivity contribution in [1.29, 1.82) is 0 Å². The highest BCUT2D eigenvalue weighted by Gasteiger charge is 2.17. The number of hydrogen-bond donors (Lipinski definition) is 2.